The number of hydrogen-bond donors (Lipinski definition) is 3. The Balaban J connectivity index is 0.00000529. The molecule has 0 spiro atoms. The van der Waals surface area contributed by atoms with Crippen LogP contribution in [0.3, 0.4) is 0 Å². The second-order valence-corrected chi connectivity index (χ2v) is 6.42. The largest absolute Gasteiger partial charge is 0.350 e. The highest BCUT2D eigenvalue weighted by Crippen LogP contribution is 2.21. The van der Waals surface area contributed by atoms with E-state index in [1.807, 2.05) is 27.7 Å². The Morgan fingerprint density at radius 1 is 1.21 bits per heavy atom. The Hall–Kier alpha value is -1.30. The Kier molecular flexibility index (Phi) is 10.7. The van der Waals surface area contributed by atoms with Gasteiger partial charge in [-0.2, -0.15) is 0 Å². The van der Waals surface area contributed by atoms with Crippen LogP contribution >= 0.6 is 24.0 Å². The van der Waals surface area contributed by atoms with E-state index in [9.17, 15) is 9.59 Å². The fourth-order valence-corrected chi connectivity index (χ4v) is 2.32. The molecule has 7 heteroatoms. The first-order chi connectivity index (χ1) is 10.8. The molecule has 0 heterocycles. The molecule has 24 heavy (non-hydrogen) atoms. The molecule has 3 N–H and O–H groups in total. The van der Waals surface area contributed by atoms with Gasteiger partial charge in [0.15, 0.2) is 0 Å². The van der Waals surface area contributed by atoms with Crippen LogP contribution in [0.2, 0.25) is 5.02 Å². The van der Waals surface area contributed by atoms with E-state index in [4.69, 9.17) is 11.6 Å². The van der Waals surface area contributed by atoms with Crippen molar-refractivity contribution in [1.29, 1.82) is 0 Å². The molecule has 1 aromatic rings. The van der Waals surface area contributed by atoms with E-state index >= 15 is 0 Å². The fraction of sp³-hybridized carbons (Fsp3) is 0.529. The van der Waals surface area contributed by atoms with Crippen LogP contribution in [0, 0.1) is 5.92 Å². The van der Waals surface area contributed by atoms with Gasteiger partial charge in [-0.15, -0.1) is 12.4 Å². The standard InChI is InChI=1S/C17H26ClN3O2.ClH/c1-5-19-12(4)10-20-17(23)14-9-13(6-7-15(14)18)21-16(22)8-11(2)3;/h6-7,9,11-12,19H,5,8,10H2,1-4H3,(H,20,23)(H,21,22);1H/t12-;/m1./s1. The molecule has 0 aliphatic rings. The van der Waals surface area contributed by atoms with Crippen molar-refractivity contribution in [3.63, 3.8) is 0 Å². The molecule has 0 unspecified atom stereocenters. The number of carbonyl (C=O) groups is 2. The average molecular weight is 376 g/mol. The second kappa shape index (κ2) is 11.3. The van der Waals surface area contributed by atoms with Gasteiger partial charge in [-0.25, -0.2) is 0 Å². The summed E-state index contributed by atoms with van der Waals surface area (Å²) >= 11 is 6.10. The van der Waals surface area contributed by atoms with Gasteiger partial charge in [0.05, 0.1) is 10.6 Å². The summed E-state index contributed by atoms with van der Waals surface area (Å²) in [4.78, 5) is 24.1. The highest BCUT2D eigenvalue weighted by molar-refractivity contribution is 6.34. The molecule has 0 aromatic heterocycles. The average Bonchev–Trinajstić information content (AvgIpc) is 2.46. The molecular weight excluding hydrogens is 349 g/mol. The molecule has 136 valence electrons. The van der Waals surface area contributed by atoms with Crippen molar-refractivity contribution in [2.75, 3.05) is 18.4 Å². The number of benzene rings is 1. The minimum absolute atomic E-state index is 0. The van der Waals surface area contributed by atoms with Crippen molar-refractivity contribution < 1.29 is 9.59 Å². The normalized spacial score (nSPS) is 11.6. The Morgan fingerprint density at radius 2 is 1.88 bits per heavy atom. The smallest absolute Gasteiger partial charge is 0.252 e. The molecule has 1 rings (SSSR count). The van der Waals surface area contributed by atoms with E-state index in [0.29, 0.717) is 29.2 Å². The van der Waals surface area contributed by atoms with Gasteiger partial charge >= 0.3 is 0 Å². The number of carbonyl (C=O) groups excluding carboxylic acids is 2. The van der Waals surface area contributed by atoms with Crippen LogP contribution < -0.4 is 16.0 Å². The maximum atomic E-state index is 12.3. The van der Waals surface area contributed by atoms with Crippen LogP contribution in [0.15, 0.2) is 18.2 Å². The van der Waals surface area contributed by atoms with Crippen LogP contribution in [0.25, 0.3) is 0 Å². The van der Waals surface area contributed by atoms with Crippen molar-refractivity contribution >= 4 is 41.5 Å². The molecule has 0 bridgehead atoms. The summed E-state index contributed by atoms with van der Waals surface area (Å²) in [5, 5.41) is 9.21. The summed E-state index contributed by atoms with van der Waals surface area (Å²) in [6.45, 7) is 9.31. The van der Waals surface area contributed by atoms with Crippen LogP contribution in [0.1, 0.15) is 44.5 Å². The number of rotatable bonds is 8. The first kappa shape index (κ1) is 22.7. The molecule has 0 saturated carbocycles. The fourth-order valence-electron chi connectivity index (χ4n) is 2.12. The third kappa shape index (κ3) is 7.99. The van der Waals surface area contributed by atoms with Crippen molar-refractivity contribution in [2.45, 2.75) is 40.2 Å². The molecule has 1 aromatic carbocycles. The predicted molar refractivity (Wildman–Crippen MR) is 102 cm³/mol. The number of nitrogens with one attached hydrogen (secondary N) is 3. The quantitative estimate of drug-likeness (QED) is 0.651. The zero-order chi connectivity index (χ0) is 17.4. The zero-order valence-corrected chi connectivity index (χ0v) is 16.2. The van der Waals surface area contributed by atoms with Gasteiger partial charge in [-0.3, -0.25) is 9.59 Å². The summed E-state index contributed by atoms with van der Waals surface area (Å²) < 4.78 is 0. The van der Waals surface area contributed by atoms with Crippen LogP contribution in [-0.2, 0) is 4.79 Å². The monoisotopic (exact) mass is 375 g/mol. The van der Waals surface area contributed by atoms with Gasteiger partial charge in [0.2, 0.25) is 5.91 Å². The van der Waals surface area contributed by atoms with Crippen molar-refractivity contribution in [3.05, 3.63) is 28.8 Å². The third-order valence-electron chi connectivity index (χ3n) is 3.21. The minimum atomic E-state index is -0.250. The van der Waals surface area contributed by atoms with Crippen LogP contribution in [0.5, 0.6) is 0 Å². The van der Waals surface area contributed by atoms with E-state index in [0.717, 1.165) is 6.54 Å². The highest BCUT2D eigenvalue weighted by atomic mass is 35.5. The molecule has 0 saturated heterocycles. The summed E-state index contributed by atoms with van der Waals surface area (Å²) in [7, 11) is 0. The lowest BCUT2D eigenvalue weighted by atomic mass is 10.1. The Morgan fingerprint density at radius 3 is 2.46 bits per heavy atom. The van der Waals surface area contributed by atoms with E-state index in [2.05, 4.69) is 16.0 Å². The molecule has 5 nitrogen and oxygen atoms in total. The van der Waals surface area contributed by atoms with Gasteiger partial charge < -0.3 is 16.0 Å². The van der Waals surface area contributed by atoms with Crippen molar-refractivity contribution in [2.24, 2.45) is 5.92 Å². The van der Waals surface area contributed by atoms with E-state index in [-0.39, 0.29) is 36.2 Å². The Bertz CT molecular complexity index is 551. The second-order valence-electron chi connectivity index (χ2n) is 6.01. The van der Waals surface area contributed by atoms with Gasteiger partial charge in [-0.05, 0) is 37.6 Å². The maximum absolute atomic E-state index is 12.3. The van der Waals surface area contributed by atoms with Gasteiger partial charge in [0.1, 0.15) is 0 Å². The number of hydrogen-bond acceptors (Lipinski definition) is 3. The SMILES string of the molecule is CCN[C@H](C)CNC(=O)c1cc(NC(=O)CC(C)C)ccc1Cl.Cl. The molecule has 0 radical (unpaired) electrons. The highest BCUT2D eigenvalue weighted by Gasteiger charge is 2.13. The number of halogens is 2. The predicted octanol–water partition coefficient (Wildman–Crippen LogP) is 3.47. The summed E-state index contributed by atoms with van der Waals surface area (Å²) in [6, 6.07) is 5.10. The lowest BCUT2D eigenvalue weighted by Crippen LogP contribution is -2.38. The number of anilines is 1. The van der Waals surface area contributed by atoms with E-state index in [1.54, 1.807) is 18.2 Å². The van der Waals surface area contributed by atoms with Crippen LogP contribution in [-0.4, -0.2) is 30.9 Å². The van der Waals surface area contributed by atoms with Crippen molar-refractivity contribution in [3.8, 4) is 0 Å². The number of likely N-dealkylation sites (N-methyl/N-ethyl adjacent to an activating group) is 1. The summed E-state index contributed by atoms with van der Waals surface area (Å²) in [5.41, 5.74) is 0.933. The molecule has 2 amide bonds. The minimum Gasteiger partial charge on any atom is -0.350 e. The lowest BCUT2D eigenvalue weighted by Gasteiger charge is -2.14. The van der Waals surface area contributed by atoms with Gasteiger partial charge in [-0.1, -0.05) is 32.4 Å². The van der Waals surface area contributed by atoms with Crippen molar-refractivity contribution in [1.82, 2.24) is 10.6 Å². The topological polar surface area (TPSA) is 70.2 Å². The lowest BCUT2D eigenvalue weighted by molar-refractivity contribution is -0.116. The maximum Gasteiger partial charge on any atom is 0.252 e. The first-order valence-electron chi connectivity index (χ1n) is 7.94. The third-order valence-corrected chi connectivity index (χ3v) is 3.54. The number of amides is 2. The molecular formula is C17H27Cl2N3O2. The molecule has 0 fully saturated rings. The summed E-state index contributed by atoms with van der Waals surface area (Å²) in [5.74, 6) is -0.0493. The van der Waals surface area contributed by atoms with E-state index in [1.165, 1.54) is 0 Å². The zero-order valence-electron chi connectivity index (χ0n) is 14.6. The van der Waals surface area contributed by atoms with Gasteiger partial charge in [0, 0.05) is 24.7 Å². The van der Waals surface area contributed by atoms with Crippen LogP contribution in [0.4, 0.5) is 5.69 Å². The molecule has 1 atom stereocenters. The van der Waals surface area contributed by atoms with Gasteiger partial charge in [0.25, 0.3) is 5.91 Å². The molecule has 0 aliphatic heterocycles. The first-order valence-corrected chi connectivity index (χ1v) is 8.32. The Labute approximate surface area is 155 Å². The van der Waals surface area contributed by atoms with E-state index < -0.39 is 0 Å². The summed E-state index contributed by atoms with van der Waals surface area (Å²) in [6.07, 6.45) is 0.435. The molecule has 0 aliphatic carbocycles.